The zero-order chi connectivity index (χ0) is 13.8. The summed E-state index contributed by atoms with van der Waals surface area (Å²) in [5, 5.41) is 15.6. The van der Waals surface area contributed by atoms with E-state index in [1.165, 1.54) is 0 Å². The van der Waals surface area contributed by atoms with Gasteiger partial charge in [0.1, 0.15) is 4.88 Å². The molecule has 0 aromatic carbocycles. The third kappa shape index (κ3) is 3.50. The highest BCUT2D eigenvalue weighted by Gasteiger charge is 2.27. The van der Waals surface area contributed by atoms with E-state index >= 15 is 0 Å². The fourth-order valence-electron chi connectivity index (χ4n) is 1.49. The molecule has 1 amide bonds. The summed E-state index contributed by atoms with van der Waals surface area (Å²) in [7, 11) is 0. The van der Waals surface area contributed by atoms with E-state index in [4.69, 9.17) is 5.26 Å². The van der Waals surface area contributed by atoms with Crippen molar-refractivity contribution in [3.05, 3.63) is 10.6 Å². The second kappa shape index (κ2) is 5.91. The minimum atomic E-state index is -0.212. The van der Waals surface area contributed by atoms with Gasteiger partial charge < -0.3 is 5.32 Å². The summed E-state index contributed by atoms with van der Waals surface area (Å²) < 4.78 is 3.85. The molecule has 0 aliphatic heterocycles. The first kappa shape index (κ1) is 14.6. The van der Waals surface area contributed by atoms with E-state index in [-0.39, 0.29) is 17.4 Å². The highest BCUT2D eigenvalue weighted by Crippen LogP contribution is 2.25. The fraction of sp³-hybridized carbons (Fsp3) is 0.667. The Kier molecular flexibility index (Phi) is 4.79. The second-order valence-electron chi connectivity index (χ2n) is 5.14. The topological polar surface area (TPSA) is 78.7 Å². The molecule has 1 rings (SSSR count). The predicted octanol–water partition coefficient (Wildman–Crippen LogP) is 2.26. The van der Waals surface area contributed by atoms with Gasteiger partial charge in [0, 0.05) is 11.5 Å². The molecule has 0 saturated heterocycles. The quantitative estimate of drug-likeness (QED) is 0.906. The lowest BCUT2D eigenvalue weighted by Crippen LogP contribution is -2.35. The van der Waals surface area contributed by atoms with E-state index in [1.807, 2.05) is 27.7 Å². The lowest BCUT2D eigenvalue weighted by atomic mass is 9.91. The Morgan fingerprint density at radius 2 is 2.22 bits per heavy atom. The average molecular weight is 266 g/mol. The van der Waals surface area contributed by atoms with Crippen molar-refractivity contribution >= 4 is 17.4 Å². The van der Waals surface area contributed by atoms with Crippen LogP contribution in [0.2, 0.25) is 0 Å². The van der Waals surface area contributed by atoms with Gasteiger partial charge in [-0.25, -0.2) is 0 Å². The fourth-order valence-corrected chi connectivity index (χ4v) is 2.27. The van der Waals surface area contributed by atoms with Crippen LogP contribution in [0, 0.1) is 11.3 Å². The summed E-state index contributed by atoms with van der Waals surface area (Å²) in [5.74, 6) is -0.183. The Hall–Kier alpha value is -1.48. The molecular weight excluding hydrogens is 248 g/mol. The lowest BCUT2D eigenvalue weighted by Gasteiger charge is -2.18. The molecule has 1 atom stereocenters. The van der Waals surface area contributed by atoms with Crippen LogP contribution in [0.4, 0.5) is 0 Å². The van der Waals surface area contributed by atoms with Crippen molar-refractivity contribution in [1.29, 1.82) is 5.26 Å². The number of nitriles is 1. The minimum absolute atomic E-state index is 0.114. The van der Waals surface area contributed by atoms with E-state index in [2.05, 4.69) is 21.0 Å². The molecule has 1 unspecified atom stereocenters. The van der Waals surface area contributed by atoms with Gasteiger partial charge in [0.2, 0.25) is 0 Å². The molecule has 5 nitrogen and oxygen atoms in total. The van der Waals surface area contributed by atoms with Crippen LogP contribution in [0.5, 0.6) is 0 Å². The first-order valence-corrected chi connectivity index (χ1v) is 6.68. The summed E-state index contributed by atoms with van der Waals surface area (Å²) >= 11 is 1.10. The zero-order valence-electron chi connectivity index (χ0n) is 11.1. The van der Waals surface area contributed by atoms with Crippen molar-refractivity contribution in [2.45, 2.75) is 52.0 Å². The monoisotopic (exact) mass is 266 g/mol. The van der Waals surface area contributed by atoms with Crippen LogP contribution < -0.4 is 5.32 Å². The van der Waals surface area contributed by atoms with E-state index in [9.17, 15) is 4.79 Å². The molecule has 98 valence electrons. The normalized spacial score (nSPS) is 12.8. The minimum Gasteiger partial charge on any atom is -0.347 e. The Balaban J connectivity index is 2.86. The molecule has 18 heavy (non-hydrogen) atoms. The maximum atomic E-state index is 12.1. The first-order chi connectivity index (χ1) is 8.40. The summed E-state index contributed by atoms with van der Waals surface area (Å²) in [6.45, 7) is 7.92. The van der Waals surface area contributed by atoms with Crippen LogP contribution in [0.1, 0.15) is 55.9 Å². The highest BCUT2D eigenvalue weighted by atomic mass is 32.1. The molecule has 0 bridgehead atoms. The number of carbonyl (C=O) groups is 1. The van der Waals surface area contributed by atoms with Crippen molar-refractivity contribution in [2.75, 3.05) is 0 Å². The number of aromatic nitrogens is 2. The van der Waals surface area contributed by atoms with Gasteiger partial charge in [-0.3, -0.25) is 4.79 Å². The molecule has 6 heteroatoms. The largest absolute Gasteiger partial charge is 0.347 e. The number of nitrogens with one attached hydrogen (secondary N) is 1. The van der Waals surface area contributed by atoms with Gasteiger partial charge in [0.05, 0.1) is 18.2 Å². The third-order valence-electron chi connectivity index (χ3n) is 2.57. The van der Waals surface area contributed by atoms with Crippen LogP contribution in [-0.2, 0) is 5.41 Å². The van der Waals surface area contributed by atoms with Crippen LogP contribution in [-0.4, -0.2) is 21.5 Å². The summed E-state index contributed by atoms with van der Waals surface area (Å²) in [4.78, 5) is 12.7. The molecule has 0 spiro atoms. The van der Waals surface area contributed by atoms with E-state index in [0.717, 1.165) is 18.0 Å². The standard InChI is InChI=1S/C12H18N4OS/c1-5-8(6-7-13)14-11(17)9-10(12(2,3)4)15-16-18-9/h8H,5-6H2,1-4H3,(H,14,17). The van der Waals surface area contributed by atoms with Crippen LogP contribution >= 0.6 is 11.5 Å². The molecule has 0 aliphatic carbocycles. The van der Waals surface area contributed by atoms with E-state index < -0.39 is 0 Å². The third-order valence-corrected chi connectivity index (χ3v) is 3.29. The van der Waals surface area contributed by atoms with E-state index in [0.29, 0.717) is 17.0 Å². The number of amides is 1. The van der Waals surface area contributed by atoms with Gasteiger partial charge in [-0.05, 0) is 18.0 Å². The molecule has 1 aromatic rings. The molecule has 1 N–H and O–H groups in total. The maximum absolute atomic E-state index is 12.1. The predicted molar refractivity (Wildman–Crippen MR) is 70.4 cm³/mol. The highest BCUT2D eigenvalue weighted by molar-refractivity contribution is 7.08. The number of hydrogen-bond donors (Lipinski definition) is 1. The van der Waals surface area contributed by atoms with Crippen molar-refractivity contribution in [3.63, 3.8) is 0 Å². The van der Waals surface area contributed by atoms with Gasteiger partial charge in [0.25, 0.3) is 5.91 Å². The van der Waals surface area contributed by atoms with Crippen LogP contribution in [0.25, 0.3) is 0 Å². The number of rotatable bonds is 4. The smallest absolute Gasteiger partial charge is 0.265 e. The molecule has 1 aromatic heterocycles. The summed E-state index contributed by atoms with van der Waals surface area (Å²) in [6.07, 6.45) is 1.05. The van der Waals surface area contributed by atoms with Gasteiger partial charge in [-0.2, -0.15) is 5.26 Å². The van der Waals surface area contributed by atoms with Gasteiger partial charge in [-0.1, -0.05) is 32.2 Å². The first-order valence-electron chi connectivity index (χ1n) is 5.90. The molecule has 0 radical (unpaired) electrons. The Morgan fingerprint density at radius 3 is 2.72 bits per heavy atom. The molecular formula is C12H18N4OS. The van der Waals surface area contributed by atoms with Crippen molar-refractivity contribution in [2.24, 2.45) is 0 Å². The lowest BCUT2D eigenvalue weighted by molar-refractivity contribution is 0.0938. The average Bonchev–Trinajstić information content (AvgIpc) is 2.76. The summed E-state index contributed by atoms with van der Waals surface area (Å²) in [5.41, 5.74) is 0.494. The van der Waals surface area contributed by atoms with Gasteiger partial charge >= 0.3 is 0 Å². The van der Waals surface area contributed by atoms with Crippen LogP contribution in [0.3, 0.4) is 0 Å². The number of nitrogens with zero attached hydrogens (tertiary/aromatic N) is 3. The van der Waals surface area contributed by atoms with Crippen molar-refractivity contribution < 1.29 is 4.79 Å². The Labute approximate surface area is 111 Å². The zero-order valence-corrected chi connectivity index (χ0v) is 12.0. The van der Waals surface area contributed by atoms with Gasteiger partial charge in [0.15, 0.2) is 0 Å². The Morgan fingerprint density at radius 1 is 1.56 bits per heavy atom. The number of hydrogen-bond acceptors (Lipinski definition) is 5. The SMILES string of the molecule is CCC(CC#N)NC(=O)c1snnc1C(C)(C)C. The second-order valence-corrected chi connectivity index (χ2v) is 5.90. The van der Waals surface area contributed by atoms with E-state index in [1.54, 1.807) is 0 Å². The van der Waals surface area contributed by atoms with Gasteiger partial charge in [-0.15, -0.1) is 5.10 Å². The number of carbonyl (C=O) groups excluding carboxylic acids is 1. The Bertz CT molecular complexity index is 455. The molecule has 0 fully saturated rings. The maximum Gasteiger partial charge on any atom is 0.265 e. The van der Waals surface area contributed by atoms with Crippen molar-refractivity contribution in [1.82, 2.24) is 14.9 Å². The van der Waals surface area contributed by atoms with Crippen molar-refractivity contribution in [3.8, 4) is 6.07 Å². The summed E-state index contributed by atoms with van der Waals surface area (Å²) in [6, 6.07) is 1.96. The van der Waals surface area contributed by atoms with Crippen LogP contribution in [0.15, 0.2) is 0 Å². The molecule has 0 aliphatic rings. The molecule has 0 saturated carbocycles. The molecule has 1 heterocycles.